The van der Waals surface area contributed by atoms with E-state index >= 15 is 0 Å². The maximum Gasteiger partial charge on any atom is 0.253 e. The van der Waals surface area contributed by atoms with Crippen molar-refractivity contribution in [3.8, 4) is 0 Å². The summed E-state index contributed by atoms with van der Waals surface area (Å²) in [7, 11) is 0. The van der Waals surface area contributed by atoms with Crippen LogP contribution in [0.5, 0.6) is 0 Å². The summed E-state index contributed by atoms with van der Waals surface area (Å²) in [6.07, 6.45) is 8.26. The van der Waals surface area contributed by atoms with Gasteiger partial charge in [-0.1, -0.05) is 50.3 Å². The van der Waals surface area contributed by atoms with Crippen molar-refractivity contribution in [2.75, 3.05) is 31.1 Å². The largest absolute Gasteiger partial charge is 0.394 e. The van der Waals surface area contributed by atoms with Gasteiger partial charge in [0.1, 0.15) is 11.6 Å². The molecule has 1 aromatic carbocycles. The molecular formula is C29H37N3O5. The third-order valence-corrected chi connectivity index (χ3v) is 8.40. The minimum atomic E-state index is -1.28. The number of hydrogen-bond acceptors (Lipinski definition) is 5. The third kappa shape index (κ3) is 3.84. The second kappa shape index (κ2) is 9.72. The van der Waals surface area contributed by atoms with E-state index in [1.807, 2.05) is 70.2 Å². The number of aliphatic hydroxyl groups is 1. The van der Waals surface area contributed by atoms with Crippen molar-refractivity contribution in [1.82, 2.24) is 9.80 Å². The predicted molar refractivity (Wildman–Crippen MR) is 140 cm³/mol. The maximum absolute atomic E-state index is 14.5. The minimum Gasteiger partial charge on any atom is -0.394 e. The number of hydrogen-bond donors (Lipinski definition) is 1. The van der Waals surface area contributed by atoms with E-state index in [-0.39, 0.29) is 24.3 Å². The molecule has 2 fully saturated rings. The van der Waals surface area contributed by atoms with E-state index in [0.29, 0.717) is 26.1 Å². The Hall–Kier alpha value is -2.97. The number of likely N-dealkylation sites (tertiary alicyclic amines) is 1. The van der Waals surface area contributed by atoms with E-state index in [2.05, 4.69) is 0 Å². The van der Waals surface area contributed by atoms with Crippen LogP contribution in [-0.2, 0) is 19.1 Å². The lowest BCUT2D eigenvalue weighted by Crippen LogP contribution is -2.58. The Morgan fingerprint density at radius 1 is 1.08 bits per heavy atom. The van der Waals surface area contributed by atoms with Crippen LogP contribution in [0.1, 0.15) is 37.8 Å². The van der Waals surface area contributed by atoms with Crippen LogP contribution in [0.2, 0.25) is 0 Å². The van der Waals surface area contributed by atoms with Gasteiger partial charge in [0.15, 0.2) is 0 Å². The summed E-state index contributed by atoms with van der Waals surface area (Å²) in [5, 5.41) is 10.3. The first-order chi connectivity index (χ1) is 17.8. The molecule has 8 heteroatoms. The highest BCUT2D eigenvalue weighted by Crippen LogP contribution is 2.54. The smallest absolute Gasteiger partial charge is 0.253 e. The second-order valence-electron chi connectivity index (χ2n) is 10.7. The van der Waals surface area contributed by atoms with Gasteiger partial charge in [-0.3, -0.25) is 14.4 Å². The van der Waals surface area contributed by atoms with Gasteiger partial charge in [-0.05, 0) is 43.9 Å². The first-order valence-electron chi connectivity index (χ1n) is 13.4. The quantitative estimate of drug-likeness (QED) is 0.597. The van der Waals surface area contributed by atoms with Gasteiger partial charge in [0, 0.05) is 25.3 Å². The van der Waals surface area contributed by atoms with Crippen molar-refractivity contribution in [3.63, 3.8) is 0 Å². The van der Waals surface area contributed by atoms with Crippen LogP contribution in [0.4, 0.5) is 5.69 Å². The zero-order valence-electron chi connectivity index (χ0n) is 22.1. The van der Waals surface area contributed by atoms with Gasteiger partial charge in [0.2, 0.25) is 11.8 Å². The Morgan fingerprint density at radius 3 is 2.57 bits per heavy atom. The van der Waals surface area contributed by atoms with E-state index < -0.39 is 35.6 Å². The van der Waals surface area contributed by atoms with Gasteiger partial charge in [0.05, 0.1) is 30.6 Å². The number of ether oxygens (including phenoxy) is 1. The summed E-state index contributed by atoms with van der Waals surface area (Å²) in [4.78, 5) is 47.5. The average Bonchev–Trinajstić information content (AvgIpc) is 3.20. The zero-order valence-corrected chi connectivity index (χ0v) is 22.1. The lowest BCUT2D eigenvalue weighted by molar-refractivity contribution is -0.147. The number of fused-ring (bicyclic) bond motifs is 2. The number of benzene rings is 1. The molecule has 0 bridgehead atoms. The summed E-state index contributed by atoms with van der Waals surface area (Å²) in [6.45, 7) is 8.99. The molecule has 0 aromatic heterocycles. The SMILES string of the molecule is CCCN1CC=C[C@H]2O[C@]34C=CCN(c5cc(C)ccc5C)C(=O)C3N([C@@H](CC)CO)C(=O)[C@@H]4[C@H]2C1=O. The first kappa shape index (κ1) is 25.7. The highest BCUT2D eigenvalue weighted by Gasteiger charge is 2.72. The van der Waals surface area contributed by atoms with Crippen molar-refractivity contribution < 1.29 is 24.2 Å². The van der Waals surface area contributed by atoms with Crippen molar-refractivity contribution >= 4 is 23.4 Å². The summed E-state index contributed by atoms with van der Waals surface area (Å²) in [5.41, 5.74) is 1.49. The molecule has 1 spiro atoms. The molecule has 8 nitrogen and oxygen atoms in total. The Labute approximate surface area is 218 Å². The van der Waals surface area contributed by atoms with Gasteiger partial charge in [-0.15, -0.1) is 0 Å². The molecule has 4 aliphatic rings. The number of rotatable bonds is 6. The van der Waals surface area contributed by atoms with Gasteiger partial charge < -0.3 is 24.5 Å². The highest BCUT2D eigenvalue weighted by atomic mass is 16.5. The maximum atomic E-state index is 14.5. The van der Waals surface area contributed by atoms with E-state index in [1.165, 1.54) is 4.90 Å². The number of amides is 3. The number of aryl methyl sites for hydroxylation is 2. The van der Waals surface area contributed by atoms with Crippen LogP contribution in [0, 0.1) is 25.7 Å². The standard InChI is InChI=1S/C29H37N3O5/c1-5-13-30-14-7-9-22-23(26(30)34)24-27(35)32(20(6-2)17-33)25-28(36)31(15-8-12-29(24,25)37-22)21-16-18(3)10-11-19(21)4/h7-12,16,20,22-25,33H,5-6,13-15,17H2,1-4H3/t20-,22+,23-,24-,25?,29-/m0/s1. The van der Waals surface area contributed by atoms with Crippen LogP contribution in [-0.4, -0.2) is 82.7 Å². The molecule has 198 valence electrons. The predicted octanol–water partition coefficient (Wildman–Crippen LogP) is 2.37. The van der Waals surface area contributed by atoms with Gasteiger partial charge >= 0.3 is 0 Å². The van der Waals surface area contributed by atoms with Crippen molar-refractivity contribution in [3.05, 3.63) is 53.6 Å². The lowest BCUT2D eigenvalue weighted by atomic mass is 9.77. The third-order valence-electron chi connectivity index (χ3n) is 8.40. The summed E-state index contributed by atoms with van der Waals surface area (Å²) < 4.78 is 6.67. The molecule has 3 amide bonds. The molecule has 6 atom stereocenters. The van der Waals surface area contributed by atoms with Crippen molar-refractivity contribution in [1.29, 1.82) is 0 Å². The lowest BCUT2D eigenvalue weighted by Gasteiger charge is -2.38. The van der Waals surface area contributed by atoms with Crippen LogP contribution in [0.15, 0.2) is 42.5 Å². The van der Waals surface area contributed by atoms with Crippen molar-refractivity contribution in [2.45, 2.75) is 64.3 Å². The fraction of sp³-hybridized carbons (Fsp3) is 0.552. The number of nitrogens with zero attached hydrogens (tertiary/aromatic N) is 3. The summed E-state index contributed by atoms with van der Waals surface area (Å²) in [5.74, 6) is -2.21. The molecular weight excluding hydrogens is 470 g/mol. The van der Waals surface area contributed by atoms with Crippen LogP contribution in [0.3, 0.4) is 0 Å². The monoisotopic (exact) mass is 507 g/mol. The Morgan fingerprint density at radius 2 is 1.86 bits per heavy atom. The molecule has 4 heterocycles. The summed E-state index contributed by atoms with van der Waals surface area (Å²) in [6, 6.07) is 4.44. The molecule has 0 saturated carbocycles. The number of carbonyl (C=O) groups is 3. The molecule has 1 unspecified atom stereocenters. The fourth-order valence-electron chi connectivity index (χ4n) is 6.63. The zero-order chi connectivity index (χ0) is 26.5. The number of aliphatic hydroxyl groups excluding tert-OH is 1. The van der Waals surface area contributed by atoms with Gasteiger partial charge in [0.25, 0.3) is 5.91 Å². The number of carbonyl (C=O) groups excluding carboxylic acids is 3. The van der Waals surface area contributed by atoms with Crippen molar-refractivity contribution in [2.24, 2.45) is 11.8 Å². The Bertz CT molecular complexity index is 1160. The van der Waals surface area contributed by atoms with E-state index in [1.54, 1.807) is 9.80 Å². The Balaban J connectivity index is 1.65. The number of anilines is 1. The second-order valence-corrected chi connectivity index (χ2v) is 10.7. The van der Waals surface area contributed by atoms with Crippen LogP contribution in [0.25, 0.3) is 0 Å². The van der Waals surface area contributed by atoms with Gasteiger partial charge in [-0.25, -0.2) is 0 Å². The molecule has 2 saturated heterocycles. The van der Waals surface area contributed by atoms with E-state index in [4.69, 9.17) is 4.74 Å². The Kier molecular flexibility index (Phi) is 6.75. The molecule has 4 aliphatic heterocycles. The minimum absolute atomic E-state index is 0.110. The first-order valence-corrected chi connectivity index (χ1v) is 13.4. The molecule has 37 heavy (non-hydrogen) atoms. The van der Waals surface area contributed by atoms with Crippen LogP contribution < -0.4 is 4.90 Å². The molecule has 5 rings (SSSR count). The summed E-state index contributed by atoms with van der Waals surface area (Å²) >= 11 is 0. The highest BCUT2D eigenvalue weighted by molar-refractivity contribution is 6.06. The molecule has 1 N–H and O–H groups in total. The van der Waals surface area contributed by atoms with E-state index in [0.717, 1.165) is 23.2 Å². The topological polar surface area (TPSA) is 90.4 Å². The van der Waals surface area contributed by atoms with Gasteiger partial charge in [-0.2, -0.15) is 0 Å². The fourth-order valence-corrected chi connectivity index (χ4v) is 6.63. The van der Waals surface area contributed by atoms with Crippen LogP contribution >= 0.6 is 0 Å². The van der Waals surface area contributed by atoms with E-state index in [9.17, 15) is 19.5 Å². The average molecular weight is 508 g/mol. The normalized spacial score (nSPS) is 31.8. The molecule has 1 aromatic rings. The molecule has 0 aliphatic carbocycles. The molecule has 0 radical (unpaired) electrons.